The van der Waals surface area contributed by atoms with E-state index in [1.807, 2.05) is 25.1 Å². The average Bonchev–Trinajstić information content (AvgIpc) is 3.69. The van der Waals surface area contributed by atoms with Crippen LogP contribution in [0.3, 0.4) is 0 Å². The van der Waals surface area contributed by atoms with E-state index in [1.165, 1.54) is 11.1 Å². The van der Waals surface area contributed by atoms with Crippen molar-refractivity contribution in [2.75, 3.05) is 0 Å². The van der Waals surface area contributed by atoms with Crippen LogP contribution in [0.1, 0.15) is 87.6 Å². The van der Waals surface area contributed by atoms with Crippen molar-refractivity contribution in [1.82, 2.24) is 0 Å². The third-order valence-corrected chi connectivity index (χ3v) is 64.5. The predicted molar refractivity (Wildman–Crippen MR) is 215 cm³/mol. The number of halogens is 11. The Morgan fingerprint density at radius 3 is 1.49 bits per heavy atom. The number of fused-ring (bicyclic) bond motifs is 2. The van der Waals surface area contributed by atoms with E-state index in [4.69, 9.17) is 17.0 Å². The molecule has 0 aliphatic heterocycles. The zero-order chi connectivity index (χ0) is 42.3. The van der Waals surface area contributed by atoms with Gasteiger partial charge in [-0.2, -0.15) is 0 Å². The Balaban J connectivity index is 1.51. The normalized spacial score (nSPS) is 18.9. The molecule has 13 heteroatoms. The molecule has 2 aliphatic rings. The van der Waals surface area contributed by atoms with Gasteiger partial charge >= 0.3 is 339 Å². The number of rotatable bonds is 9. The number of benzene rings is 4. The van der Waals surface area contributed by atoms with Crippen LogP contribution in [0.4, 0.5) is 39.5 Å². The number of hydrogen-bond donors (Lipinski definition) is 0. The van der Waals surface area contributed by atoms with Gasteiger partial charge in [0.15, 0.2) is 0 Å². The number of alkyl halides is 9. The molecule has 4 aromatic rings. The van der Waals surface area contributed by atoms with Crippen LogP contribution in [-0.2, 0) is 21.0 Å². The molecule has 6 rings (SSSR count). The summed E-state index contributed by atoms with van der Waals surface area (Å²) in [4.78, 5) is 0. The van der Waals surface area contributed by atoms with Crippen molar-refractivity contribution in [3.05, 3.63) is 129 Å². The molecule has 0 saturated heterocycles. The summed E-state index contributed by atoms with van der Waals surface area (Å²) in [5, 5.41) is 0. The number of hydrogen-bond acceptors (Lipinski definition) is 0. The fourth-order valence-corrected chi connectivity index (χ4v) is 41.3. The molecule has 0 spiro atoms. The first-order valence-corrected chi connectivity index (χ1v) is 35.3. The summed E-state index contributed by atoms with van der Waals surface area (Å²) in [5.41, 5.74) is 1.66. The standard InChI is InChI=1S/C22H25.C20H12F9.C2H7Si.2ClH.Zr/c1-5-16(4)20-13-19-7-6-8-21(22(19)14-20)18-11-9-17(10-12-18)15(2)3;1-11-9-13-3-2-4-15(16(13)10-11)12-5-7-14(8-6-12)17(18(21,22)23,19(24,25)26)20(27,28)29;1-3-2;;;/h6-16H,5H2,1-4H3;2-10H,1H3;3H,1-2H3;2*1H;/q;;;;;+2/p-2. The molecule has 0 bridgehead atoms. The van der Waals surface area contributed by atoms with E-state index in [2.05, 4.69) is 83.3 Å². The Labute approximate surface area is 337 Å². The molecule has 0 saturated carbocycles. The Bertz CT molecular complexity index is 2200. The summed E-state index contributed by atoms with van der Waals surface area (Å²) >= 11 is -5.29. The molecule has 3 unspecified atom stereocenters. The van der Waals surface area contributed by atoms with Gasteiger partial charge in [0.1, 0.15) is 0 Å². The summed E-state index contributed by atoms with van der Waals surface area (Å²) in [6.45, 7) is 14.9. The van der Waals surface area contributed by atoms with Crippen molar-refractivity contribution >= 4 is 35.1 Å². The monoisotopic (exact) mass is 931 g/mol. The van der Waals surface area contributed by atoms with Gasteiger partial charge < -0.3 is 0 Å². The van der Waals surface area contributed by atoms with Crippen LogP contribution in [0.2, 0.25) is 13.1 Å². The zero-order valence-corrected chi connectivity index (χ0v) is 37.6. The molecule has 305 valence electrons. The fraction of sp³-hybridized carbons (Fsp3) is 0.364. The SMILES string of the molecule is CCC(C)C1=Cc2c(-c3ccc(C(C)C)cc3)cccc2[CH]1[Zr]([Cl])([Cl])([CH]1C(C)=Cc2c(-c3ccc(C(C(F)(F)F)(C(F)(F)F)C(F)(F)F)cc3)cccc21)[SiH](C)C. The van der Waals surface area contributed by atoms with E-state index in [0.29, 0.717) is 17.0 Å². The number of allylic oxidation sites excluding steroid dienone is 2. The third-order valence-electron chi connectivity index (χ3n) is 12.6. The first-order valence-electron chi connectivity index (χ1n) is 19.0. The predicted octanol–water partition coefficient (Wildman–Crippen LogP) is 15.7. The van der Waals surface area contributed by atoms with E-state index in [-0.39, 0.29) is 30.9 Å². The van der Waals surface area contributed by atoms with Crippen LogP contribution in [0.25, 0.3) is 34.4 Å². The molecule has 3 atom stereocenters. The maximum absolute atomic E-state index is 14.0. The Kier molecular flexibility index (Phi) is 11.5. The van der Waals surface area contributed by atoms with Crippen molar-refractivity contribution in [2.45, 2.75) is 91.2 Å². The van der Waals surface area contributed by atoms with Crippen LogP contribution < -0.4 is 0 Å². The van der Waals surface area contributed by atoms with Gasteiger partial charge in [0.2, 0.25) is 0 Å². The van der Waals surface area contributed by atoms with Gasteiger partial charge in [0.05, 0.1) is 0 Å². The van der Waals surface area contributed by atoms with Gasteiger partial charge in [0.25, 0.3) is 0 Å². The van der Waals surface area contributed by atoms with Crippen LogP contribution in [0.5, 0.6) is 0 Å². The van der Waals surface area contributed by atoms with E-state index in [0.717, 1.165) is 51.9 Å². The molecule has 4 aromatic carbocycles. The van der Waals surface area contributed by atoms with Gasteiger partial charge in [-0.1, -0.05) is 0 Å². The van der Waals surface area contributed by atoms with Crippen molar-refractivity contribution in [2.24, 2.45) is 5.92 Å². The van der Waals surface area contributed by atoms with Gasteiger partial charge in [-0.25, -0.2) is 0 Å². The van der Waals surface area contributed by atoms with Crippen LogP contribution in [0, 0.1) is 5.92 Å². The van der Waals surface area contributed by atoms with E-state index in [9.17, 15) is 39.5 Å². The second-order valence-corrected chi connectivity index (χ2v) is 58.8. The first kappa shape index (κ1) is 44.0. The summed E-state index contributed by atoms with van der Waals surface area (Å²) in [6, 6.07) is 22.5. The van der Waals surface area contributed by atoms with Gasteiger partial charge in [0, 0.05) is 0 Å². The molecule has 0 N–H and O–H groups in total. The quantitative estimate of drug-likeness (QED) is 0.116. The molecule has 0 heterocycles. The van der Waals surface area contributed by atoms with Gasteiger partial charge in [-0.15, -0.1) is 0 Å². The third kappa shape index (κ3) is 6.77. The molecule has 0 radical (unpaired) electrons. The maximum atomic E-state index is 14.0. The van der Waals surface area contributed by atoms with Gasteiger partial charge in [-0.05, 0) is 0 Å². The minimum atomic E-state index is -6.71. The molecule has 0 fully saturated rings. The molecule has 57 heavy (non-hydrogen) atoms. The Hall–Kier alpha value is -2.59. The van der Waals surface area contributed by atoms with E-state index >= 15 is 0 Å². The minimum absolute atomic E-state index is 0.142. The Morgan fingerprint density at radius 2 is 1.07 bits per heavy atom. The molecular weight excluding hydrogens is 890 g/mol. The van der Waals surface area contributed by atoms with Crippen molar-refractivity contribution < 1.29 is 55.1 Å². The molecule has 0 nitrogen and oxygen atoms in total. The summed E-state index contributed by atoms with van der Waals surface area (Å²) in [7, 11) is 17.0. The van der Waals surface area contributed by atoms with E-state index < -0.39 is 51.0 Å². The second-order valence-electron chi connectivity index (χ2n) is 16.3. The molecular formula is C44H44Cl2F9SiZr. The summed E-state index contributed by atoms with van der Waals surface area (Å²) in [5.74, 6) is -1.48. The van der Waals surface area contributed by atoms with E-state index in [1.54, 1.807) is 12.1 Å². The molecule has 0 amide bonds. The molecule has 0 aromatic heterocycles. The van der Waals surface area contributed by atoms with Crippen molar-refractivity contribution in [1.29, 1.82) is 0 Å². The Morgan fingerprint density at radius 1 is 0.632 bits per heavy atom. The van der Waals surface area contributed by atoms with Gasteiger partial charge in [-0.3, -0.25) is 0 Å². The fourth-order valence-electron chi connectivity index (χ4n) is 9.25. The van der Waals surface area contributed by atoms with Crippen LogP contribution in [-0.4, -0.2) is 24.5 Å². The summed E-state index contributed by atoms with van der Waals surface area (Å²) < 4.78 is 125. The zero-order valence-electron chi connectivity index (χ0n) is 32.5. The second kappa shape index (κ2) is 14.8. The van der Waals surface area contributed by atoms with Crippen LogP contribution >= 0.6 is 17.0 Å². The summed E-state index contributed by atoms with van der Waals surface area (Å²) in [6.07, 6.45) is -15.1. The van der Waals surface area contributed by atoms with Crippen LogP contribution in [0.15, 0.2) is 96.1 Å². The average molecular weight is 934 g/mol. The molecule has 2 aliphatic carbocycles. The van der Waals surface area contributed by atoms with Crippen molar-refractivity contribution in [3.63, 3.8) is 0 Å². The first-order chi connectivity index (χ1) is 26.3. The van der Waals surface area contributed by atoms with Crippen molar-refractivity contribution in [3.8, 4) is 22.3 Å². The topological polar surface area (TPSA) is 0 Å².